The molecule has 4 nitrogen and oxygen atoms in total. The molecule has 2 unspecified atom stereocenters. The van der Waals surface area contributed by atoms with Crippen LogP contribution < -0.4 is 5.32 Å². The molecule has 1 aromatic rings. The monoisotopic (exact) mass is 239 g/mol. The van der Waals surface area contributed by atoms with Gasteiger partial charge in [-0.3, -0.25) is 0 Å². The molecule has 1 N–H and O–H groups in total. The van der Waals surface area contributed by atoms with E-state index >= 15 is 0 Å². The molecule has 1 rings (SSSR count). The Labute approximate surface area is 104 Å². The van der Waals surface area contributed by atoms with Crippen molar-refractivity contribution in [1.29, 1.82) is 0 Å². The van der Waals surface area contributed by atoms with Crippen molar-refractivity contribution >= 4 is 0 Å². The Kier molecular flexibility index (Phi) is 6.19. The van der Waals surface area contributed by atoms with E-state index in [1.165, 1.54) is 0 Å². The summed E-state index contributed by atoms with van der Waals surface area (Å²) in [6.07, 6.45) is 4.12. The highest BCUT2D eigenvalue weighted by Gasteiger charge is 2.22. The van der Waals surface area contributed by atoms with Crippen LogP contribution in [0.5, 0.6) is 0 Å². The Bertz CT molecular complexity index is 311. The molecule has 0 saturated carbocycles. The summed E-state index contributed by atoms with van der Waals surface area (Å²) < 4.78 is 5.37. The summed E-state index contributed by atoms with van der Waals surface area (Å²) in [5.41, 5.74) is 0. The molecule has 0 spiro atoms. The second-order valence-corrected chi connectivity index (χ2v) is 4.56. The highest BCUT2D eigenvalue weighted by molar-refractivity contribution is 4.98. The standard InChI is InChI=1S/C13H25N3O/c1-5-8-12-15-13(17-16-12)11(7-3)10(4)14-9-6-2/h10-11,14H,5-9H2,1-4H3. The zero-order valence-corrected chi connectivity index (χ0v) is 11.5. The van der Waals surface area contributed by atoms with Crippen LogP contribution in [0.4, 0.5) is 0 Å². The quantitative estimate of drug-likeness (QED) is 0.758. The zero-order chi connectivity index (χ0) is 12.7. The van der Waals surface area contributed by atoms with Gasteiger partial charge in [0.15, 0.2) is 5.82 Å². The molecule has 0 fully saturated rings. The lowest BCUT2D eigenvalue weighted by Crippen LogP contribution is -2.32. The Hall–Kier alpha value is -0.900. The minimum atomic E-state index is 0.319. The van der Waals surface area contributed by atoms with Gasteiger partial charge in [0.1, 0.15) is 0 Å². The van der Waals surface area contributed by atoms with E-state index in [1.54, 1.807) is 0 Å². The van der Waals surface area contributed by atoms with E-state index in [-0.39, 0.29) is 0 Å². The number of rotatable bonds is 8. The lowest BCUT2D eigenvalue weighted by Gasteiger charge is -2.20. The summed E-state index contributed by atoms with van der Waals surface area (Å²) in [7, 11) is 0. The fraction of sp³-hybridized carbons (Fsp3) is 0.846. The van der Waals surface area contributed by atoms with Crippen LogP contribution in [0.3, 0.4) is 0 Å². The van der Waals surface area contributed by atoms with Crippen LogP contribution in [0.2, 0.25) is 0 Å². The maximum Gasteiger partial charge on any atom is 0.231 e. The SMILES string of the molecule is CCCNC(C)C(CC)c1nc(CCC)no1. The third kappa shape index (κ3) is 4.11. The van der Waals surface area contributed by atoms with E-state index in [0.29, 0.717) is 12.0 Å². The van der Waals surface area contributed by atoms with Crippen molar-refractivity contribution in [3.05, 3.63) is 11.7 Å². The summed E-state index contributed by atoms with van der Waals surface area (Å²) >= 11 is 0. The van der Waals surface area contributed by atoms with E-state index in [0.717, 1.165) is 43.9 Å². The predicted molar refractivity (Wildman–Crippen MR) is 69.1 cm³/mol. The number of nitrogens with zero attached hydrogens (tertiary/aromatic N) is 2. The van der Waals surface area contributed by atoms with Crippen LogP contribution in [-0.2, 0) is 6.42 Å². The smallest absolute Gasteiger partial charge is 0.231 e. The molecule has 1 aromatic heterocycles. The van der Waals surface area contributed by atoms with E-state index in [4.69, 9.17) is 4.52 Å². The minimum Gasteiger partial charge on any atom is -0.339 e. The van der Waals surface area contributed by atoms with Crippen LogP contribution in [0, 0.1) is 0 Å². The van der Waals surface area contributed by atoms with Crippen LogP contribution in [0.1, 0.15) is 64.6 Å². The van der Waals surface area contributed by atoms with Gasteiger partial charge >= 0.3 is 0 Å². The molecule has 0 radical (unpaired) electrons. The first kappa shape index (κ1) is 14.2. The first-order valence-corrected chi connectivity index (χ1v) is 6.78. The Morgan fingerprint density at radius 3 is 2.59 bits per heavy atom. The van der Waals surface area contributed by atoms with Crippen molar-refractivity contribution in [3.8, 4) is 0 Å². The van der Waals surface area contributed by atoms with E-state index < -0.39 is 0 Å². The lowest BCUT2D eigenvalue weighted by atomic mass is 9.98. The maximum atomic E-state index is 5.37. The average molecular weight is 239 g/mol. The fourth-order valence-electron chi connectivity index (χ4n) is 2.00. The summed E-state index contributed by atoms with van der Waals surface area (Å²) in [6.45, 7) is 9.69. The third-order valence-electron chi connectivity index (χ3n) is 3.03. The van der Waals surface area contributed by atoms with Crippen molar-refractivity contribution in [3.63, 3.8) is 0 Å². The average Bonchev–Trinajstić information content (AvgIpc) is 2.76. The number of nitrogens with one attached hydrogen (secondary N) is 1. The molecule has 4 heteroatoms. The summed E-state index contributed by atoms with van der Waals surface area (Å²) in [5, 5.41) is 7.52. The van der Waals surface area contributed by atoms with E-state index in [1.807, 2.05) is 0 Å². The predicted octanol–water partition coefficient (Wildman–Crippen LogP) is 2.90. The van der Waals surface area contributed by atoms with Gasteiger partial charge in [0, 0.05) is 12.5 Å². The first-order valence-electron chi connectivity index (χ1n) is 6.78. The Morgan fingerprint density at radius 2 is 2.00 bits per heavy atom. The molecule has 17 heavy (non-hydrogen) atoms. The van der Waals surface area contributed by atoms with Gasteiger partial charge in [0.25, 0.3) is 0 Å². The lowest BCUT2D eigenvalue weighted by molar-refractivity contribution is 0.314. The minimum absolute atomic E-state index is 0.319. The molecule has 2 atom stereocenters. The van der Waals surface area contributed by atoms with Crippen LogP contribution in [0.25, 0.3) is 0 Å². The number of aryl methyl sites for hydroxylation is 1. The number of hydrogen-bond donors (Lipinski definition) is 1. The molecular weight excluding hydrogens is 214 g/mol. The van der Waals surface area contributed by atoms with Gasteiger partial charge in [-0.25, -0.2) is 0 Å². The Balaban J connectivity index is 2.64. The fourth-order valence-corrected chi connectivity index (χ4v) is 2.00. The molecule has 1 heterocycles. The highest BCUT2D eigenvalue weighted by atomic mass is 16.5. The van der Waals surface area contributed by atoms with Crippen LogP contribution in [-0.4, -0.2) is 22.7 Å². The summed E-state index contributed by atoms with van der Waals surface area (Å²) in [5.74, 6) is 1.94. The van der Waals surface area contributed by atoms with Gasteiger partial charge in [0.05, 0.1) is 5.92 Å². The van der Waals surface area contributed by atoms with Crippen LogP contribution >= 0.6 is 0 Å². The molecule has 0 aliphatic rings. The number of aromatic nitrogens is 2. The molecule has 0 bridgehead atoms. The highest BCUT2D eigenvalue weighted by Crippen LogP contribution is 2.21. The summed E-state index contributed by atoms with van der Waals surface area (Å²) in [4.78, 5) is 4.48. The normalized spacial score (nSPS) is 14.8. The summed E-state index contributed by atoms with van der Waals surface area (Å²) in [6, 6.07) is 0.384. The maximum absolute atomic E-state index is 5.37. The van der Waals surface area contributed by atoms with Crippen molar-refractivity contribution in [2.75, 3.05) is 6.54 Å². The molecule has 0 aliphatic heterocycles. The van der Waals surface area contributed by atoms with Gasteiger partial charge in [-0.2, -0.15) is 4.98 Å². The molecule has 0 aromatic carbocycles. The van der Waals surface area contributed by atoms with Crippen molar-refractivity contribution in [2.45, 2.75) is 65.3 Å². The van der Waals surface area contributed by atoms with Gasteiger partial charge in [-0.1, -0.05) is 25.9 Å². The van der Waals surface area contributed by atoms with E-state index in [2.05, 4.69) is 43.2 Å². The molecule has 0 amide bonds. The first-order chi connectivity index (χ1) is 8.22. The van der Waals surface area contributed by atoms with Gasteiger partial charge in [0.2, 0.25) is 5.89 Å². The molecule has 0 saturated heterocycles. The van der Waals surface area contributed by atoms with Crippen molar-refractivity contribution in [1.82, 2.24) is 15.5 Å². The topological polar surface area (TPSA) is 51.0 Å². The second kappa shape index (κ2) is 7.43. The van der Waals surface area contributed by atoms with Gasteiger partial charge < -0.3 is 9.84 Å². The second-order valence-electron chi connectivity index (χ2n) is 4.56. The largest absolute Gasteiger partial charge is 0.339 e. The zero-order valence-electron chi connectivity index (χ0n) is 11.5. The van der Waals surface area contributed by atoms with Crippen molar-refractivity contribution < 1.29 is 4.52 Å². The van der Waals surface area contributed by atoms with E-state index in [9.17, 15) is 0 Å². The molecule has 98 valence electrons. The molecule has 0 aliphatic carbocycles. The Morgan fingerprint density at radius 1 is 1.24 bits per heavy atom. The molecular formula is C13H25N3O. The third-order valence-corrected chi connectivity index (χ3v) is 3.03. The van der Waals surface area contributed by atoms with Gasteiger partial charge in [-0.05, 0) is 32.7 Å². The van der Waals surface area contributed by atoms with Crippen molar-refractivity contribution in [2.24, 2.45) is 0 Å². The van der Waals surface area contributed by atoms with Gasteiger partial charge in [-0.15, -0.1) is 0 Å². The number of hydrogen-bond acceptors (Lipinski definition) is 4. The van der Waals surface area contributed by atoms with Crippen LogP contribution in [0.15, 0.2) is 4.52 Å².